The number of fused-ring (bicyclic) bond motifs is 1. The maximum absolute atomic E-state index is 14.2. The Labute approximate surface area is 134 Å². The Balaban J connectivity index is 0.00000176. The van der Waals surface area contributed by atoms with E-state index in [1.165, 1.54) is 12.1 Å². The normalized spacial score (nSPS) is 24.6. The number of hydrogen-bond acceptors (Lipinski definition) is 4. The van der Waals surface area contributed by atoms with Gasteiger partial charge in [-0.3, -0.25) is 15.0 Å². The van der Waals surface area contributed by atoms with Crippen LogP contribution in [0.25, 0.3) is 0 Å². The van der Waals surface area contributed by atoms with Crippen LogP contribution in [-0.2, 0) is 5.92 Å². The van der Waals surface area contributed by atoms with E-state index >= 15 is 0 Å². The molecule has 1 fully saturated rings. The monoisotopic (exact) mass is 331 g/mol. The van der Waals surface area contributed by atoms with E-state index in [2.05, 4.69) is 9.80 Å². The SMILES string of the molecule is CN1CCN([C@H]2CC(F)(F)c3cc([N+](=O)[O-])ccc32)CC1.S. The number of nitro benzene ring substituents is 1. The van der Waals surface area contributed by atoms with Crippen molar-refractivity contribution in [3.05, 3.63) is 39.4 Å². The molecule has 2 aliphatic rings. The molecule has 0 aromatic heterocycles. The molecule has 0 N–H and O–H groups in total. The first-order valence-electron chi connectivity index (χ1n) is 6.98. The highest BCUT2D eigenvalue weighted by atomic mass is 32.1. The quantitative estimate of drug-likeness (QED) is 0.617. The number of rotatable bonds is 2. The highest BCUT2D eigenvalue weighted by Gasteiger charge is 2.47. The Hall–Kier alpha value is -1.25. The lowest BCUT2D eigenvalue weighted by Gasteiger charge is -2.36. The molecular weight excluding hydrogens is 312 g/mol. The van der Waals surface area contributed by atoms with Gasteiger partial charge in [-0.05, 0) is 12.6 Å². The summed E-state index contributed by atoms with van der Waals surface area (Å²) in [6.07, 6.45) is -0.285. The second kappa shape index (κ2) is 6.10. The van der Waals surface area contributed by atoms with Crippen molar-refractivity contribution < 1.29 is 13.7 Å². The molecule has 1 aromatic rings. The summed E-state index contributed by atoms with van der Waals surface area (Å²) < 4.78 is 28.4. The second-order valence-corrected chi connectivity index (χ2v) is 5.79. The molecule has 0 bridgehead atoms. The molecule has 122 valence electrons. The van der Waals surface area contributed by atoms with Gasteiger partial charge in [0.2, 0.25) is 0 Å². The summed E-state index contributed by atoms with van der Waals surface area (Å²) in [5.41, 5.74) is 0.0863. The molecule has 1 heterocycles. The lowest BCUT2D eigenvalue weighted by molar-refractivity contribution is -0.385. The largest absolute Gasteiger partial charge is 0.304 e. The summed E-state index contributed by atoms with van der Waals surface area (Å²) >= 11 is 0. The van der Waals surface area contributed by atoms with Crippen molar-refractivity contribution in [3.63, 3.8) is 0 Å². The minimum atomic E-state index is -2.99. The highest BCUT2D eigenvalue weighted by Crippen LogP contribution is 2.50. The fourth-order valence-electron chi connectivity index (χ4n) is 3.19. The van der Waals surface area contributed by atoms with Crippen LogP contribution in [0, 0.1) is 10.1 Å². The topological polar surface area (TPSA) is 49.6 Å². The van der Waals surface area contributed by atoms with Crippen molar-refractivity contribution in [1.82, 2.24) is 9.80 Å². The number of halogens is 2. The fraction of sp³-hybridized carbons (Fsp3) is 0.571. The molecule has 0 unspecified atom stereocenters. The predicted molar refractivity (Wildman–Crippen MR) is 83.8 cm³/mol. The maximum Gasteiger partial charge on any atom is 0.275 e. The van der Waals surface area contributed by atoms with E-state index in [-0.39, 0.29) is 37.2 Å². The first-order valence-corrected chi connectivity index (χ1v) is 6.98. The van der Waals surface area contributed by atoms with Crippen molar-refractivity contribution in [3.8, 4) is 0 Å². The third-order valence-electron chi connectivity index (χ3n) is 4.43. The molecule has 0 saturated carbocycles. The molecule has 22 heavy (non-hydrogen) atoms. The van der Waals surface area contributed by atoms with Crippen LogP contribution in [0.1, 0.15) is 23.6 Å². The number of likely N-dealkylation sites (N-methyl/N-ethyl adjacent to an activating group) is 1. The number of piperazine rings is 1. The van der Waals surface area contributed by atoms with Gasteiger partial charge in [-0.15, -0.1) is 0 Å². The van der Waals surface area contributed by atoms with Crippen LogP contribution in [0.15, 0.2) is 18.2 Å². The van der Waals surface area contributed by atoms with Gasteiger partial charge in [0.15, 0.2) is 0 Å². The van der Waals surface area contributed by atoms with Crippen molar-refractivity contribution >= 4 is 19.2 Å². The molecular formula is C14H19F2N3O2S. The molecule has 8 heteroatoms. The summed E-state index contributed by atoms with van der Waals surface area (Å²) in [5, 5.41) is 10.8. The first-order chi connectivity index (χ1) is 9.88. The standard InChI is InChI=1S/C14H17F2N3O2.H2S/c1-17-4-6-18(7-5-17)13-9-14(15,16)12-8-10(19(20)21)2-3-11(12)13;/h2-3,8,13H,4-7,9H2,1H3;1H2/t13-;/m0./s1. The zero-order valence-electron chi connectivity index (χ0n) is 12.3. The van der Waals surface area contributed by atoms with Gasteiger partial charge >= 0.3 is 0 Å². The molecule has 0 radical (unpaired) electrons. The van der Waals surface area contributed by atoms with Gasteiger partial charge in [0, 0.05) is 56.3 Å². The van der Waals surface area contributed by atoms with Crippen LogP contribution < -0.4 is 0 Å². The second-order valence-electron chi connectivity index (χ2n) is 5.79. The Bertz CT molecular complexity index is 577. The Morgan fingerprint density at radius 3 is 2.50 bits per heavy atom. The molecule has 1 atom stereocenters. The lowest BCUT2D eigenvalue weighted by Crippen LogP contribution is -2.45. The van der Waals surface area contributed by atoms with Crippen LogP contribution in [0.5, 0.6) is 0 Å². The van der Waals surface area contributed by atoms with Crippen LogP contribution in [0.3, 0.4) is 0 Å². The summed E-state index contributed by atoms with van der Waals surface area (Å²) in [4.78, 5) is 14.4. The van der Waals surface area contributed by atoms with Crippen LogP contribution in [0.2, 0.25) is 0 Å². The minimum absolute atomic E-state index is 0. The number of nitro groups is 1. The lowest BCUT2D eigenvalue weighted by atomic mass is 10.1. The van der Waals surface area contributed by atoms with Gasteiger partial charge in [-0.2, -0.15) is 13.5 Å². The first kappa shape index (κ1) is 17.1. The van der Waals surface area contributed by atoms with Gasteiger partial charge in [0.1, 0.15) is 0 Å². The van der Waals surface area contributed by atoms with Gasteiger partial charge in [0.05, 0.1) is 4.92 Å². The third-order valence-corrected chi connectivity index (χ3v) is 4.43. The van der Waals surface area contributed by atoms with Crippen LogP contribution in [0.4, 0.5) is 14.5 Å². The van der Waals surface area contributed by atoms with Gasteiger partial charge < -0.3 is 4.90 Å². The van der Waals surface area contributed by atoms with E-state index < -0.39 is 10.8 Å². The smallest absolute Gasteiger partial charge is 0.275 e. The van der Waals surface area contributed by atoms with E-state index in [0.29, 0.717) is 5.56 Å². The van der Waals surface area contributed by atoms with E-state index in [1.54, 1.807) is 0 Å². The summed E-state index contributed by atoms with van der Waals surface area (Å²) in [6.45, 7) is 3.19. The van der Waals surface area contributed by atoms with E-state index in [4.69, 9.17) is 0 Å². The third kappa shape index (κ3) is 2.95. The number of benzene rings is 1. The highest BCUT2D eigenvalue weighted by molar-refractivity contribution is 7.59. The molecule has 0 spiro atoms. The number of nitrogens with zero attached hydrogens (tertiary/aromatic N) is 3. The predicted octanol–water partition coefficient (Wildman–Crippen LogP) is 2.49. The summed E-state index contributed by atoms with van der Waals surface area (Å²) in [5.74, 6) is -2.99. The minimum Gasteiger partial charge on any atom is -0.304 e. The van der Waals surface area contributed by atoms with Crippen LogP contribution >= 0.6 is 13.5 Å². The Morgan fingerprint density at radius 1 is 1.27 bits per heavy atom. The van der Waals surface area contributed by atoms with Crippen LogP contribution in [-0.4, -0.2) is 47.9 Å². The summed E-state index contributed by atoms with van der Waals surface area (Å²) in [6, 6.07) is 3.51. The van der Waals surface area contributed by atoms with Crippen molar-refractivity contribution in [2.75, 3.05) is 33.2 Å². The molecule has 5 nitrogen and oxygen atoms in total. The van der Waals surface area contributed by atoms with Crippen molar-refractivity contribution in [1.29, 1.82) is 0 Å². The Morgan fingerprint density at radius 2 is 1.91 bits per heavy atom. The molecule has 1 saturated heterocycles. The molecule has 1 aromatic carbocycles. The molecule has 1 aliphatic heterocycles. The molecule has 1 aliphatic carbocycles. The van der Waals surface area contributed by atoms with Gasteiger partial charge in [-0.1, -0.05) is 6.07 Å². The average molecular weight is 331 g/mol. The van der Waals surface area contributed by atoms with E-state index in [1.807, 2.05) is 7.05 Å². The van der Waals surface area contributed by atoms with Crippen molar-refractivity contribution in [2.24, 2.45) is 0 Å². The zero-order valence-corrected chi connectivity index (χ0v) is 13.3. The van der Waals surface area contributed by atoms with Gasteiger partial charge in [0.25, 0.3) is 11.6 Å². The molecule has 0 amide bonds. The van der Waals surface area contributed by atoms with E-state index in [9.17, 15) is 18.9 Å². The Kier molecular flexibility index (Phi) is 4.74. The number of non-ortho nitro benzene ring substituents is 1. The number of alkyl halides is 2. The number of hydrogen-bond donors (Lipinski definition) is 0. The molecule has 3 rings (SSSR count). The fourth-order valence-corrected chi connectivity index (χ4v) is 3.19. The zero-order chi connectivity index (χ0) is 15.2. The summed E-state index contributed by atoms with van der Waals surface area (Å²) in [7, 11) is 2.01. The average Bonchev–Trinajstić information content (AvgIpc) is 2.71. The van der Waals surface area contributed by atoms with Gasteiger partial charge in [-0.25, -0.2) is 8.78 Å². The van der Waals surface area contributed by atoms with Crippen molar-refractivity contribution in [2.45, 2.75) is 18.4 Å². The van der Waals surface area contributed by atoms with E-state index in [0.717, 1.165) is 32.2 Å². The maximum atomic E-state index is 14.2.